The molecule has 15 heteroatoms. The van der Waals surface area contributed by atoms with Crippen LogP contribution < -0.4 is 0 Å². The van der Waals surface area contributed by atoms with Gasteiger partial charge in [0.25, 0.3) is 0 Å². The Morgan fingerprint density at radius 1 is 0.706 bits per heavy atom. The van der Waals surface area contributed by atoms with Gasteiger partial charge in [-0.15, -0.1) is 0 Å². The number of alkyl halides is 13. The van der Waals surface area contributed by atoms with E-state index in [-0.39, 0.29) is 5.56 Å². The molecule has 0 spiro atoms. The highest BCUT2D eigenvalue weighted by Gasteiger charge is 2.90. The molecule has 1 aromatic rings. The molecule has 0 saturated heterocycles. The van der Waals surface area contributed by atoms with Crippen LogP contribution in [-0.2, 0) is 11.2 Å². The minimum Gasteiger partial charge on any atom is -0.276 e. The standard InChI is InChI=1S/C19H12ClF13O/c20-13(34)4-2-1-3-11-5-7-12(8-6-11)9-10-14(21,22)15(23,24)16(25,26)17(27,28)18(29,30)19(31,32)33/h1-8H,9-10H2/b3-1+,4-2+. The van der Waals surface area contributed by atoms with E-state index in [1.165, 1.54) is 30.4 Å². The normalized spacial score (nSPS) is 14.9. The maximum Gasteiger partial charge on any atom is 0.460 e. The van der Waals surface area contributed by atoms with E-state index < -0.39 is 53.9 Å². The van der Waals surface area contributed by atoms with Gasteiger partial charge in [-0.2, -0.15) is 57.1 Å². The zero-order valence-electron chi connectivity index (χ0n) is 16.2. The van der Waals surface area contributed by atoms with Crippen molar-refractivity contribution >= 4 is 22.9 Å². The predicted molar refractivity (Wildman–Crippen MR) is 94.6 cm³/mol. The van der Waals surface area contributed by atoms with Crippen molar-refractivity contribution in [3.8, 4) is 0 Å². The Morgan fingerprint density at radius 3 is 1.62 bits per heavy atom. The van der Waals surface area contributed by atoms with Crippen LogP contribution in [0.2, 0.25) is 0 Å². The monoisotopic (exact) mass is 538 g/mol. The fourth-order valence-electron chi connectivity index (χ4n) is 2.35. The zero-order valence-corrected chi connectivity index (χ0v) is 17.0. The maximum absolute atomic E-state index is 13.8. The topological polar surface area (TPSA) is 17.1 Å². The summed E-state index contributed by atoms with van der Waals surface area (Å²) in [4.78, 5) is 10.5. The van der Waals surface area contributed by atoms with Crippen LogP contribution in [0.4, 0.5) is 57.1 Å². The van der Waals surface area contributed by atoms with Crippen molar-refractivity contribution < 1.29 is 61.9 Å². The predicted octanol–water partition coefficient (Wildman–Crippen LogP) is 7.69. The molecule has 0 aliphatic carbocycles. The van der Waals surface area contributed by atoms with Crippen molar-refractivity contribution in [2.75, 3.05) is 0 Å². The third kappa shape index (κ3) is 5.69. The van der Waals surface area contributed by atoms with E-state index in [2.05, 4.69) is 0 Å². The lowest BCUT2D eigenvalue weighted by molar-refractivity contribution is -0.440. The zero-order chi connectivity index (χ0) is 26.8. The third-order valence-corrected chi connectivity index (χ3v) is 4.46. The first kappa shape index (κ1) is 29.8. The van der Waals surface area contributed by atoms with Gasteiger partial charge in [0.05, 0.1) is 0 Å². The lowest BCUT2D eigenvalue weighted by Crippen LogP contribution is -2.70. The van der Waals surface area contributed by atoms with Crippen LogP contribution in [0.1, 0.15) is 17.5 Å². The summed E-state index contributed by atoms with van der Waals surface area (Å²) in [6, 6.07) is 4.50. The van der Waals surface area contributed by atoms with Gasteiger partial charge in [0.15, 0.2) is 0 Å². The van der Waals surface area contributed by atoms with Crippen LogP contribution >= 0.6 is 11.6 Å². The first-order valence-electron chi connectivity index (χ1n) is 8.71. The first-order chi connectivity index (χ1) is 15.1. The molecular formula is C19H12ClF13O. The lowest BCUT2D eigenvalue weighted by Gasteiger charge is -2.39. The third-order valence-electron chi connectivity index (χ3n) is 4.33. The van der Waals surface area contributed by atoms with E-state index >= 15 is 0 Å². The highest BCUT2D eigenvalue weighted by Crippen LogP contribution is 2.60. The molecule has 0 aliphatic heterocycles. The van der Waals surface area contributed by atoms with E-state index in [1.54, 1.807) is 0 Å². The van der Waals surface area contributed by atoms with Crippen LogP contribution in [0, 0.1) is 0 Å². The van der Waals surface area contributed by atoms with Crippen LogP contribution in [-0.4, -0.2) is 41.0 Å². The molecule has 0 amide bonds. The van der Waals surface area contributed by atoms with Crippen molar-refractivity contribution in [3.63, 3.8) is 0 Å². The Kier molecular flexibility index (Phi) is 8.57. The molecule has 0 bridgehead atoms. The van der Waals surface area contributed by atoms with E-state index in [1.807, 2.05) is 0 Å². The van der Waals surface area contributed by atoms with Gasteiger partial charge in [-0.25, -0.2) is 0 Å². The Morgan fingerprint density at radius 2 is 1.18 bits per heavy atom. The summed E-state index contributed by atoms with van der Waals surface area (Å²) < 4.78 is 170. The van der Waals surface area contributed by atoms with E-state index in [9.17, 15) is 61.9 Å². The van der Waals surface area contributed by atoms with Crippen molar-refractivity contribution in [1.29, 1.82) is 0 Å². The summed E-state index contributed by atoms with van der Waals surface area (Å²) >= 11 is 5.03. The molecule has 0 aliphatic rings. The number of hydrogen-bond donors (Lipinski definition) is 0. The number of carbonyl (C=O) groups excluding carboxylic acids is 1. The number of rotatable bonds is 10. The lowest BCUT2D eigenvalue weighted by atomic mass is 9.91. The van der Waals surface area contributed by atoms with Gasteiger partial charge in [0.1, 0.15) is 0 Å². The van der Waals surface area contributed by atoms with Gasteiger partial charge < -0.3 is 0 Å². The van der Waals surface area contributed by atoms with Gasteiger partial charge in [-0.05, 0) is 35.2 Å². The Balaban J connectivity index is 3.07. The quantitative estimate of drug-likeness (QED) is 0.129. The molecular weight excluding hydrogens is 527 g/mol. The van der Waals surface area contributed by atoms with E-state index in [0.717, 1.165) is 18.2 Å². The summed E-state index contributed by atoms with van der Waals surface area (Å²) in [5.41, 5.74) is 0.155. The molecule has 0 atom stereocenters. The Labute approximate surface area is 187 Å². The SMILES string of the molecule is O=C(Cl)/C=C/C=C/c1ccc(CCC(F)(F)C(F)(F)C(F)(F)C(F)(F)C(F)(F)C(F)(F)F)cc1. The number of aryl methyl sites for hydroxylation is 1. The second kappa shape index (κ2) is 9.78. The highest BCUT2D eigenvalue weighted by molar-refractivity contribution is 6.66. The van der Waals surface area contributed by atoms with Gasteiger partial charge >= 0.3 is 35.8 Å². The molecule has 0 N–H and O–H groups in total. The number of allylic oxidation sites excluding steroid dienone is 3. The second-order valence-corrected chi connectivity index (χ2v) is 7.14. The number of halogens is 14. The summed E-state index contributed by atoms with van der Waals surface area (Å²) in [7, 11) is 0. The molecule has 192 valence electrons. The minimum atomic E-state index is -7.90. The average Bonchev–Trinajstić information content (AvgIpc) is 2.69. The average molecular weight is 539 g/mol. The molecule has 1 aromatic carbocycles. The number of hydrogen-bond acceptors (Lipinski definition) is 1. The van der Waals surface area contributed by atoms with E-state index in [4.69, 9.17) is 11.6 Å². The van der Waals surface area contributed by atoms with Crippen molar-refractivity contribution in [2.45, 2.75) is 48.6 Å². The largest absolute Gasteiger partial charge is 0.460 e. The van der Waals surface area contributed by atoms with Gasteiger partial charge in [-0.1, -0.05) is 42.5 Å². The van der Waals surface area contributed by atoms with Gasteiger partial charge in [0, 0.05) is 6.42 Å². The number of benzene rings is 1. The van der Waals surface area contributed by atoms with Crippen LogP contribution in [0.15, 0.2) is 42.5 Å². The Bertz CT molecular complexity index is 915. The summed E-state index contributed by atoms with van der Waals surface area (Å²) in [5.74, 6) is -36.8. The fourth-order valence-corrected chi connectivity index (χ4v) is 2.43. The molecule has 1 nitrogen and oxygen atoms in total. The maximum atomic E-state index is 13.8. The van der Waals surface area contributed by atoms with Gasteiger partial charge in [-0.3, -0.25) is 4.79 Å². The van der Waals surface area contributed by atoms with Crippen LogP contribution in [0.25, 0.3) is 6.08 Å². The van der Waals surface area contributed by atoms with E-state index in [0.29, 0.717) is 5.56 Å². The molecule has 0 heterocycles. The van der Waals surface area contributed by atoms with Crippen LogP contribution in [0.3, 0.4) is 0 Å². The van der Waals surface area contributed by atoms with Crippen molar-refractivity contribution in [3.05, 3.63) is 53.6 Å². The molecule has 0 radical (unpaired) electrons. The molecule has 34 heavy (non-hydrogen) atoms. The second-order valence-electron chi connectivity index (χ2n) is 6.76. The molecule has 0 unspecified atom stereocenters. The minimum absolute atomic E-state index is 0.213. The summed E-state index contributed by atoms with van der Waals surface area (Å²) in [6.45, 7) is 0. The molecule has 0 aromatic heterocycles. The highest BCUT2D eigenvalue weighted by atomic mass is 35.5. The van der Waals surface area contributed by atoms with Crippen LogP contribution in [0.5, 0.6) is 0 Å². The number of carbonyl (C=O) groups is 1. The Hall–Kier alpha value is -2.25. The molecule has 1 rings (SSSR count). The summed E-state index contributed by atoms with van der Waals surface area (Å²) in [6.07, 6.45) is -6.00. The summed E-state index contributed by atoms with van der Waals surface area (Å²) in [5, 5.41) is -0.789. The first-order valence-corrected chi connectivity index (χ1v) is 9.08. The van der Waals surface area contributed by atoms with Crippen molar-refractivity contribution in [1.82, 2.24) is 0 Å². The van der Waals surface area contributed by atoms with Crippen molar-refractivity contribution in [2.24, 2.45) is 0 Å². The smallest absolute Gasteiger partial charge is 0.276 e. The van der Waals surface area contributed by atoms with Gasteiger partial charge in [0.2, 0.25) is 5.24 Å². The molecule has 0 saturated carbocycles. The fraction of sp³-hybridized carbons (Fsp3) is 0.421. The molecule has 0 fully saturated rings.